The molecule has 1 saturated heterocycles. The highest BCUT2D eigenvalue weighted by molar-refractivity contribution is 5.62. The van der Waals surface area contributed by atoms with E-state index in [-0.39, 0.29) is 10.6 Å². The lowest BCUT2D eigenvalue weighted by atomic mass is 10.2. The van der Waals surface area contributed by atoms with Crippen LogP contribution in [-0.2, 0) is 13.5 Å². The first-order valence-electron chi connectivity index (χ1n) is 6.23. The van der Waals surface area contributed by atoms with E-state index in [1.165, 1.54) is 0 Å². The predicted octanol–water partition coefficient (Wildman–Crippen LogP) is 0.689. The molecular formula is C11H19N5O2. The third kappa shape index (κ3) is 2.17. The molecule has 1 atom stereocenters. The molecular weight excluding hydrogens is 234 g/mol. The van der Waals surface area contributed by atoms with E-state index in [4.69, 9.17) is 0 Å². The van der Waals surface area contributed by atoms with Crippen LogP contribution < -0.4 is 10.2 Å². The SMILES string of the molecule is CCc1nn(C)c(N2CCN[C@@H](C)C2)c1[N+](=O)[O-]. The van der Waals surface area contributed by atoms with Crippen molar-refractivity contribution in [1.82, 2.24) is 15.1 Å². The van der Waals surface area contributed by atoms with Gasteiger partial charge in [0.15, 0.2) is 0 Å². The van der Waals surface area contributed by atoms with Crippen LogP contribution in [-0.4, -0.2) is 40.4 Å². The summed E-state index contributed by atoms with van der Waals surface area (Å²) in [6, 6.07) is 0.332. The van der Waals surface area contributed by atoms with E-state index in [9.17, 15) is 10.1 Å². The topological polar surface area (TPSA) is 76.2 Å². The van der Waals surface area contributed by atoms with Crippen molar-refractivity contribution in [2.75, 3.05) is 24.5 Å². The van der Waals surface area contributed by atoms with Crippen LogP contribution in [0.1, 0.15) is 19.5 Å². The Bertz CT molecular complexity index is 457. The summed E-state index contributed by atoms with van der Waals surface area (Å²) in [5, 5.41) is 18.8. The average Bonchev–Trinajstić information content (AvgIpc) is 2.66. The summed E-state index contributed by atoms with van der Waals surface area (Å²) in [7, 11) is 1.77. The average molecular weight is 253 g/mol. The molecule has 0 bridgehead atoms. The number of nitro groups is 1. The second-order valence-corrected chi connectivity index (χ2v) is 4.65. The molecule has 0 radical (unpaired) electrons. The Labute approximate surface area is 106 Å². The molecule has 1 N–H and O–H groups in total. The van der Waals surface area contributed by atoms with Gasteiger partial charge in [-0.3, -0.25) is 10.1 Å². The molecule has 0 saturated carbocycles. The highest BCUT2D eigenvalue weighted by Gasteiger charge is 2.31. The van der Waals surface area contributed by atoms with Crippen LogP contribution in [0.4, 0.5) is 11.5 Å². The van der Waals surface area contributed by atoms with Crippen molar-refractivity contribution in [2.45, 2.75) is 26.3 Å². The Morgan fingerprint density at radius 3 is 2.89 bits per heavy atom. The highest BCUT2D eigenvalue weighted by atomic mass is 16.6. The van der Waals surface area contributed by atoms with E-state index in [2.05, 4.69) is 17.3 Å². The number of rotatable bonds is 3. The molecule has 1 aromatic rings. The molecule has 2 rings (SSSR count). The molecule has 1 aliphatic rings. The van der Waals surface area contributed by atoms with Gasteiger partial charge in [0, 0.05) is 32.7 Å². The largest absolute Gasteiger partial charge is 0.348 e. The van der Waals surface area contributed by atoms with Gasteiger partial charge in [-0.2, -0.15) is 5.10 Å². The first-order valence-corrected chi connectivity index (χ1v) is 6.23. The Morgan fingerprint density at radius 1 is 1.61 bits per heavy atom. The maximum atomic E-state index is 11.2. The van der Waals surface area contributed by atoms with Gasteiger partial charge >= 0.3 is 5.69 Å². The molecule has 7 nitrogen and oxygen atoms in total. The molecule has 0 amide bonds. The molecule has 1 fully saturated rings. The zero-order chi connectivity index (χ0) is 13.3. The molecule has 100 valence electrons. The molecule has 0 spiro atoms. The van der Waals surface area contributed by atoms with Gasteiger partial charge in [-0.1, -0.05) is 6.92 Å². The minimum Gasteiger partial charge on any atom is -0.348 e. The molecule has 1 aliphatic heterocycles. The third-order valence-corrected chi connectivity index (χ3v) is 3.25. The van der Waals surface area contributed by atoms with Crippen LogP contribution >= 0.6 is 0 Å². The maximum Gasteiger partial charge on any atom is 0.334 e. The summed E-state index contributed by atoms with van der Waals surface area (Å²) in [5.41, 5.74) is 0.720. The molecule has 1 aromatic heterocycles. The number of nitrogens with zero attached hydrogens (tertiary/aromatic N) is 4. The normalized spacial score (nSPS) is 20.2. The van der Waals surface area contributed by atoms with E-state index in [1.807, 2.05) is 11.8 Å². The summed E-state index contributed by atoms with van der Waals surface area (Å²) < 4.78 is 1.63. The molecule has 0 unspecified atom stereocenters. The Morgan fingerprint density at radius 2 is 2.33 bits per heavy atom. The molecule has 0 aliphatic carbocycles. The minimum atomic E-state index is -0.312. The number of aryl methyl sites for hydroxylation is 2. The number of aromatic nitrogens is 2. The third-order valence-electron chi connectivity index (χ3n) is 3.25. The van der Waals surface area contributed by atoms with Gasteiger partial charge in [-0.05, 0) is 13.3 Å². The van der Waals surface area contributed by atoms with Gasteiger partial charge in [0.25, 0.3) is 0 Å². The fourth-order valence-electron chi connectivity index (χ4n) is 2.46. The van der Waals surface area contributed by atoms with Gasteiger partial charge in [-0.25, -0.2) is 4.68 Å². The fraction of sp³-hybridized carbons (Fsp3) is 0.727. The lowest BCUT2D eigenvalue weighted by Gasteiger charge is -2.32. The number of hydrogen-bond acceptors (Lipinski definition) is 5. The van der Waals surface area contributed by atoms with E-state index in [1.54, 1.807) is 11.7 Å². The summed E-state index contributed by atoms with van der Waals surface area (Å²) >= 11 is 0. The summed E-state index contributed by atoms with van der Waals surface area (Å²) in [4.78, 5) is 13.0. The fourth-order valence-corrected chi connectivity index (χ4v) is 2.46. The molecule has 18 heavy (non-hydrogen) atoms. The second-order valence-electron chi connectivity index (χ2n) is 4.65. The number of nitrogens with one attached hydrogen (secondary N) is 1. The van der Waals surface area contributed by atoms with Crippen molar-refractivity contribution in [3.05, 3.63) is 15.8 Å². The smallest absolute Gasteiger partial charge is 0.334 e. The monoisotopic (exact) mass is 253 g/mol. The molecule has 2 heterocycles. The van der Waals surface area contributed by atoms with Gasteiger partial charge in [0.05, 0.1) is 4.92 Å². The minimum absolute atomic E-state index is 0.161. The lowest BCUT2D eigenvalue weighted by molar-refractivity contribution is -0.384. The number of piperazine rings is 1. The Hall–Kier alpha value is -1.63. The van der Waals surface area contributed by atoms with Crippen molar-refractivity contribution in [3.63, 3.8) is 0 Å². The Balaban J connectivity index is 2.42. The van der Waals surface area contributed by atoms with E-state index < -0.39 is 0 Å². The van der Waals surface area contributed by atoms with Crippen LogP contribution in [0.2, 0.25) is 0 Å². The summed E-state index contributed by atoms with van der Waals surface area (Å²) in [5.74, 6) is 0.630. The predicted molar refractivity (Wildman–Crippen MR) is 68.9 cm³/mol. The van der Waals surface area contributed by atoms with Gasteiger partial charge in [0.1, 0.15) is 5.69 Å². The van der Waals surface area contributed by atoms with Crippen molar-refractivity contribution in [2.24, 2.45) is 7.05 Å². The van der Waals surface area contributed by atoms with Crippen LogP contribution in [0, 0.1) is 10.1 Å². The van der Waals surface area contributed by atoms with Gasteiger partial charge in [0.2, 0.25) is 5.82 Å². The van der Waals surface area contributed by atoms with Gasteiger partial charge in [-0.15, -0.1) is 0 Å². The number of anilines is 1. The molecule has 7 heteroatoms. The van der Waals surface area contributed by atoms with Gasteiger partial charge < -0.3 is 10.2 Å². The quantitative estimate of drug-likeness (QED) is 0.633. The van der Waals surface area contributed by atoms with E-state index in [0.717, 1.165) is 19.6 Å². The van der Waals surface area contributed by atoms with Crippen molar-refractivity contribution in [3.8, 4) is 0 Å². The maximum absolute atomic E-state index is 11.2. The highest BCUT2D eigenvalue weighted by Crippen LogP contribution is 2.32. The second kappa shape index (κ2) is 4.93. The van der Waals surface area contributed by atoms with Crippen LogP contribution in [0.25, 0.3) is 0 Å². The number of hydrogen-bond donors (Lipinski definition) is 1. The van der Waals surface area contributed by atoms with Crippen molar-refractivity contribution in [1.29, 1.82) is 0 Å². The first-order chi connectivity index (χ1) is 8.54. The van der Waals surface area contributed by atoms with Crippen LogP contribution in [0.5, 0.6) is 0 Å². The van der Waals surface area contributed by atoms with Crippen molar-refractivity contribution < 1.29 is 4.92 Å². The van der Waals surface area contributed by atoms with E-state index in [0.29, 0.717) is 24.0 Å². The zero-order valence-corrected chi connectivity index (χ0v) is 11.0. The molecule has 0 aromatic carbocycles. The first kappa shape index (κ1) is 12.8. The zero-order valence-electron chi connectivity index (χ0n) is 11.0. The van der Waals surface area contributed by atoms with Crippen molar-refractivity contribution >= 4 is 11.5 Å². The van der Waals surface area contributed by atoms with Crippen LogP contribution in [0.15, 0.2) is 0 Å². The summed E-state index contributed by atoms with van der Waals surface area (Å²) in [6.45, 7) is 6.34. The Kier molecular flexibility index (Phi) is 3.51. The summed E-state index contributed by atoms with van der Waals surface area (Å²) in [6.07, 6.45) is 0.575. The van der Waals surface area contributed by atoms with Crippen LogP contribution in [0.3, 0.4) is 0 Å². The standard InChI is InChI=1S/C11H19N5O2/c1-4-9-10(16(17)18)11(14(3)13-9)15-6-5-12-8(2)7-15/h8,12H,4-7H2,1-3H3/t8-/m0/s1. The lowest BCUT2D eigenvalue weighted by Crippen LogP contribution is -2.50. The van der Waals surface area contributed by atoms with E-state index >= 15 is 0 Å².